The van der Waals surface area contributed by atoms with Gasteiger partial charge >= 0.3 is 0 Å². The molecular formula is C21H29N7O. The van der Waals surface area contributed by atoms with E-state index in [4.69, 9.17) is 4.98 Å². The van der Waals surface area contributed by atoms with E-state index in [9.17, 15) is 4.79 Å². The Morgan fingerprint density at radius 1 is 1.24 bits per heavy atom. The fourth-order valence-electron chi connectivity index (χ4n) is 4.52. The fourth-order valence-corrected chi connectivity index (χ4v) is 4.52. The summed E-state index contributed by atoms with van der Waals surface area (Å²) in [6, 6.07) is 7.80. The van der Waals surface area contributed by atoms with Gasteiger partial charge in [-0.25, -0.2) is 9.67 Å². The van der Waals surface area contributed by atoms with Crippen LogP contribution in [-0.4, -0.2) is 36.1 Å². The third-order valence-electron chi connectivity index (χ3n) is 6.02. The molecule has 1 amide bonds. The number of hydrogen-bond donors (Lipinski definition) is 2. The van der Waals surface area contributed by atoms with Gasteiger partial charge in [0.15, 0.2) is 0 Å². The van der Waals surface area contributed by atoms with Gasteiger partial charge in [-0.2, -0.15) is 0 Å². The highest BCUT2D eigenvalue weighted by molar-refractivity contribution is 5.78. The molecule has 1 atom stereocenters. The van der Waals surface area contributed by atoms with E-state index in [1.165, 1.54) is 6.42 Å². The first-order chi connectivity index (χ1) is 14.0. The number of fused-ring (bicyclic) bond motifs is 1. The Bertz CT molecular complexity index is 908. The maximum atomic E-state index is 13.1. The normalized spacial score (nSPS) is 17.5. The van der Waals surface area contributed by atoms with Crippen LogP contribution in [0.15, 0.2) is 30.6 Å². The minimum absolute atomic E-state index is 0.0686. The molecule has 2 heterocycles. The second-order valence-corrected chi connectivity index (χ2v) is 8.67. The minimum Gasteiger partial charge on any atom is -0.346 e. The number of carbonyl (C=O) groups is 1. The van der Waals surface area contributed by atoms with Crippen LogP contribution >= 0.6 is 0 Å². The van der Waals surface area contributed by atoms with Crippen molar-refractivity contribution in [1.82, 2.24) is 35.5 Å². The smallest absolute Gasteiger partial charge is 0.221 e. The summed E-state index contributed by atoms with van der Waals surface area (Å²) in [7, 11) is 0. The van der Waals surface area contributed by atoms with Gasteiger partial charge < -0.3 is 10.3 Å². The number of carbonyl (C=O) groups excluding carboxylic acids is 1. The van der Waals surface area contributed by atoms with Gasteiger partial charge in [0.1, 0.15) is 12.2 Å². The van der Waals surface area contributed by atoms with Gasteiger partial charge in [0.05, 0.1) is 23.6 Å². The molecule has 1 fully saturated rings. The average Bonchev–Trinajstić information content (AvgIpc) is 3.35. The van der Waals surface area contributed by atoms with Crippen molar-refractivity contribution in [3.05, 3.63) is 36.4 Å². The van der Waals surface area contributed by atoms with Gasteiger partial charge in [0.2, 0.25) is 5.91 Å². The van der Waals surface area contributed by atoms with E-state index >= 15 is 0 Å². The summed E-state index contributed by atoms with van der Waals surface area (Å²) < 4.78 is 1.76. The molecule has 8 nitrogen and oxygen atoms in total. The zero-order valence-electron chi connectivity index (χ0n) is 17.1. The molecule has 154 valence electrons. The molecule has 0 bridgehead atoms. The highest BCUT2D eigenvalue weighted by Gasteiger charge is 2.36. The maximum absolute atomic E-state index is 13.1. The molecule has 3 aromatic rings. The molecule has 0 radical (unpaired) electrons. The molecule has 1 aliphatic rings. The van der Waals surface area contributed by atoms with Crippen molar-refractivity contribution in [3.8, 4) is 0 Å². The predicted molar refractivity (Wildman–Crippen MR) is 110 cm³/mol. The lowest BCUT2D eigenvalue weighted by Gasteiger charge is -2.37. The highest BCUT2D eigenvalue weighted by atomic mass is 16.1. The molecule has 1 aliphatic carbocycles. The lowest BCUT2D eigenvalue weighted by molar-refractivity contribution is -0.125. The monoisotopic (exact) mass is 395 g/mol. The van der Waals surface area contributed by atoms with E-state index in [-0.39, 0.29) is 23.3 Å². The van der Waals surface area contributed by atoms with Crippen LogP contribution < -0.4 is 5.32 Å². The van der Waals surface area contributed by atoms with Crippen molar-refractivity contribution in [2.75, 3.05) is 0 Å². The summed E-state index contributed by atoms with van der Waals surface area (Å²) in [5.41, 5.74) is 1.82. The Morgan fingerprint density at radius 3 is 2.72 bits per heavy atom. The van der Waals surface area contributed by atoms with Crippen LogP contribution in [0.3, 0.4) is 0 Å². The Morgan fingerprint density at radius 2 is 2.03 bits per heavy atom. The van der Waals surface area contributed by atoms with Crippen molar-refractivity contribution in [2.24, 2.45) is 11.3 Å². The Labute approximate surface area is 170 Å². The number of hydrogen-bond acceptors (Lipinski definition) is 5. The van der Waals surface area contributed by atoms with Crippen LogP contribution in [0, 0.1) is 11.3 Å². The van der Waals surface area contributed by atoms with Crippen LogP contribution in [0.5, 0.6) is 0 Å². The summed E-state index contributed by atoms with van der Waals surface area (Å²) >= 11 is 0. The molecule has 0 spiro atoms. The Kier molecular flexibility index (Phi) is 5.60. The SMILES string of the molecule is CC(C)[C@H](NC(=O)CC1(Cn2cnnn2)CCCCC1)c1nc2ccccc2[nH]1. The number of amides is 1. The third-order valence-corrected chi connectivity index (χ3v) is 6.02. The topological polar surface area (TPSA) is 101 Å². The third kappa shape index (κ3) is 4.46. The van der Waals surface area contributed by atoms with Gasteiger partial charge in [-0.05, 0) is 46.7 Å². The van der Waals surface area contributed by atoms with Crippen molar-refractivity contribution in [1.29, 1.82) is 0 Å². The van der Waals surface area contributed by atoms with E-state index in [1.54, 1.807) is 11.0 Å². The number of para-hydroxylation sites is 2. The number of H-pyrrole nitrogens is 1. The number of aromatic nitrogens is 6. The van der Waals surface area contributed by atoms with Crippen molar-refractivity contribution < 1.29 is 4.79 Å². The average molecular weight is 396 g/mol. The molecule has 8 heteroatoms. The van der Waals surface area contributed by atoms with E-state index in [2.05, 4.69) is 39.7 Å². The lowest BCUT2D eigenvalue weighted by atomic mass is 9.71. The molecule has 0 unspecified atom stereocenters. The van der Waals surface area contributed by atoms with Crippen molar-refractivity contribution in [3.63, 3.8) is 0 Å². The van der Waals surface area contributed by atoms with Crippen LogP contribution in [0.25, 0.3) is 11.0 Å². The van der Waals surface area contributed by atoms with Gasteiger partial charge in [0.25, 0.3) is 0 Å². The quantitative estimate of drug-likeness (QED) is 0.638. The number of aromatic amines is 1. The standard InChI is InChI=1S/C21H29N7O/c1-15(2)19(20-23-16-8-4-5-9-17(16)24-20)25-18(29)12-21(10-6-3-7-11-21)13-28-14-22-26-27-28/h4-5,8-9,14-15,19H,3,6-7,10-13H2,1-2H3,(H,23,24)(H,25,29)/t19-/m0/s1. The largest absolute Gasteiger partial charge is 0.346 e. The van der Waals surface area contributed by atoms with E-state index in [0.717, 1.165) is 42.5 Å². The van der Waals surface area contributed by atoms with Crippen LogP contribution in [0.4, 0.5) is 0 Å². The zero-order valence-corrected chi connectivity index (χ0v) is 17.1. The van der Waals surface area contributed by atoms with Crippen LogP contribution in [-0.2, 0) is 11.3 Å². The van der Waals surface area contributed by atoms with Crippen molar-refractivity contribution in [2.45, 2.75) is 65.0 Å². The van der Waals surface area contributed by atoms with E-state index < -0.39 is 0 Å². The highest BCUT2D eigenvalue weighted by Crippen LogP contribution is 2.41. The first-order valence-electron chi connectivity index (χ1n) is 10.5. The summed E-state index contributed by atoms with van der Waals surface area (Å²) in [5.74, 6) is 1.10. The molecule has 4 rings (SSSR count). The van der Waals surface area contributed by atoms with E-state index in [1.807, 2.05) is 24.3 Å². The van der Waals surface area contributed by atoms with Crippen LogP contribution in [0.2, 0.25) is 0 Å². The van der Waals surface area contributed by atoms with Gasteiger partial charge in [0, 0.05) is 6.42 Å². The second-order valence-electron chi connectivity index (χ2n) is 8.67. The summed E-state index contributed by atoms with van der Waals surface area (Å²) in [6.45, 7) is 4.90. The molecule has 0 saturated heterocycles. The number of rotatable bonds is 7. The van der Waals surface area contributed by atoms with Gasteiger partial charge in [-0.1, -0.05) is 45.2 Å². The summed E-state index contributed by atoms with van der Waals surface area (Å²) in [6.07, 6.45) is 7.69. The lowest BCUT2D eigenvalue weighted by Crippen LogP contribution is -2.39. The Hall–Kier alpha value is -2.77. The molecule has 2 N–H and O–H groups in total. The zero-order chi connectivity index (χ0) is 20.3. The number of nitrogens with one attached hydrogen (secondary N) is 2. The molecular weight excluding hydrogens is 366 g/mol. The fraction of sp³-hybridized carbons (Fsp3) is 0.571. The Balaban J connectivity index is 1.50. The summed E-state index contributed by atoms with van der Waals surface area (Å²) in [4.78, 5) is 21.2. The second kappa shape index (κ2) is 8.31. The number of imidazole rings is 1. The number of tetrazole rings is 1. The first kappa shape index (κ1) is 19.5. The minimum atomic E-state index is -0.149. The molecule has 2 aromatic heterocycles. The molecule has 29 heavy (non-hydrogen) atoms. The van der Waals surface area contributed by atoms with Gasteiger partial charge in [-0.3, -0.25) is 4.79 Å². The predicted octanol–water partition coefficient (Wildman–Crippen LogP) is 3.40. The number of nitrogens with zero attached hydrogens (tertiary/aromatic N) is 5. The summed E-state index contributed by atoms with van der Waals surface area (Å²) in [5, 5.41) is 14.8. The first-order valence-corrected chi connectivity index (χ1v) is 10.5. The number of benzene rings is 1. The van der Waals surface area contributed by atoms with Crippen LogP contribution in [0.1, 0.15) is 64.2 Å². The van der Waals surface area contributed by atoms with Gasteiger partial charge in [-0.15, -0.1) is 5.10 Å². The molecule has 0 aliphatic heterocycles. The molecule has 1 saturated carbocycles. The van der Waals surface area contributed by atoms with E-state index in [0.29, 0.717) is 13.0 Å². The van der Waals surface area contributed by atoms with Crippen molar-refractivity contribution >= 4 is 16.9 Å². The molecule has 1 aromatic carbocycles. The maximum Gasteiger partial charge on any atom is 0.221 e.